The number of hydrogen-bond donors (Lipinski definition) is 1. The van der Waals surface area contributed by atoms with Crippen molar-refractivity contribution in [2.75, 3.05) is 38.5 Å². The van der Waals surface area contributed by atoms with Crippen LogP contribution < -0.4 is 5.73 Å². The van der Waals surface area contributed by atoms with E-state index < -0.39 is 0 Å². The van der Waals surface area contributed by atoms with E-state index in [4.69, 9.17) is 12.2 Å². The average Bonchev–Trinajstić information content (AvgIpc) is 2.49. The fraction of sp³-hybridized carbons (Fsp3) is 0.471. The standard InChI is InChI=1S/C17H23N3O/c1-3-8-19-9-11-20(12-10-19)17(21)13-14(2)15-4-6-16(18)7-5-15/h1,4-7,14H,8-13,18H2,2H3. The second kappa shape index (κ2) is 7.14. The van der Waals surface area contributed by atoms with Crippen LogP contribution in [0, 0.1) is 12.3 Å². The van der Waals surface area contributed by atoms with Crippen molar-refractivity contribution in [3.63, 3.8) is 0 Å². The number of nitrogens with zero attached hydrogens (tertiary/aromatic N) is 2. The summed E-state index contributed by atoms with van der Waals surface area (Å²) in [6.07, 6.45) is 5.85. The zero-order chi connectivity index (χ0) is 15.2. The number of benzene rings is 1. The largest absolute Gasteiger partial charge is 0.399 e. The maximum Gasteiger partial charge on any atom is 0.223 e. The molecule has 2 rings (SSSR count). The van der Waals surface area contributed by atoms with Crippen LogP contribution in [-0.4, -0.2) is 48.4 Å². The Morgan fingerprint density at radius 1 is 1.29 bits per heavy atom. The fourth-order valence-corrected chi connectivity index (χ4v) is 2.62. The Balaban J connectivity index is 1.84. The Labute approximate surface area is 126 Å². The Kier molecular flexibility index (Phi) is 5.24. The maximum atomic E-state index is 12.4. The van der Waals surface area contributed by atoms with Crippen LogP contribution in [0.4, 0.5) is 5.69 Å². The molecular formula is C17H23N3O. The van der Waals surface area contributed by atoms with Crippen LogP contribution in [0.2, 0.25) is 0 Å². The minimum absolute atomic E-state index is 0.210. The third-order valence-corrected chi connectivity index (χ3v) is 4.03. The molecule has 0 bridgehead atoms. The summed E-state index contributed by atoms with van der Waals surface area (Å²) in [6.45, 7) is 6.03. The van der Waals surface area contributed by atoms with E-state index in [0.29, 0.717) is 13.0 Å². The topological polar surface area (TPSA) is 49.6 Å². The highest BCUT2D eigenvalue weighted by Gasteiger charge is 2.22. The van der Waals surface area contributed by atoms with Crippen LogP contribution in [0.3, 0.4) is 0 Å². The molecule has 0 saturated carbocycles. The fourth-order valence-electron chi connectivity index (χ4n) is 2.62. The Bertz CT molecular complexity index is 510. The maximum absolute atomic E-state index is 12.4. The first-order valence-electron chi connectivity index (χ1n) is 7.39. The summed E-state index contributed by atoms with van der Waals surface area (Å²) in [4.78, 5) is 16.5. The summed E-state index contributed by atoms with van der Waals surface area (Å²) in [5, 5.41) is 0. The van der Waals surface area contributed by atoms with Gasteiger partial charge in [-0.25, -0.2) is 0 Å². The first-order chi connectivity index (χ1) is 10.1. The van der Waals surface area contributed by atoms with Crippen LogP contribution in [0.1, 0.15) is 24.8 Å². The van der Waals surface area contributed by atoms with Gasteiger partial charge in [-0.3, -0.25) is 9.69 Å². The normalized spacial score (nSPS) is 17.2. The number of carbonyl (C=O) groups excluding carboxylic acids is 1. The van der Waals surface area contributed by atoms with Gasteiger partial charge in [-0.2, -0.15) is 0 Å². The number of amides is 1. The number of carbonyl (C=O) groups is 1. The van der Waals surface area contributed by atoms with Crippen LogP contribution in [0.5, 0.6) is 0 Å². The van der Waals surface area contributed by atoms with Crippen molar-refractivity contribution in [1.29, 1.82) is 0 Å². The molecule has 1 atom stereocenters. The molecule has 1 aliphatic heterocycles. The van der Waals surface area contributed by atoms with Crippen molar-refractivity contribution in [2.45, 2.75) is 19.3 Å². The van der Waals surface area contributed by atoms with Gasteiger partial charge in [0.1, 0.15) is 0 Å². The molecule has 1 aromatic carbocycles. The van der Waals surface area contributed by atoms with Crippen LogP contribution in [0.15, 0.2) is 24.3 Å². The van der Waals surface area contributed by atoms with Gasteiger partial charge in [-0.1, -0.05) is 25.0 Å². The van der Waals surface area contributed by atoms with Gasteiger partial charge in [0.2, 0.25) is 5.91 Å². The van der Waals surface area contributed by atoms with Gasteiger partial charge in [0.05, 0.1) is 6.54 Å². The van der Waals surface area contributed by atoms with E-state index in [1.54, 1.807) is 0 Å². The third-order valence-electron chi connectivity index (χ3n) is 4.03. The third kappa shape index (κ3) is 4.24. The Morgan fingerprint density at radius 3 is 2.48 bits per heavy atom. The second-order valence-electron chi connectivity index (χ2n) is 5.63. The molecule has 1 aromatic rings. The predicted molar refractivity (Wildman–Crippen MR) is 85.7 cm³/mol. The molecule has 0 aliphatic carbocycles. The van der Waals surface area contributed by atoms with Gasteiger partial charge in [0.25, 0.3) is 0 Å². The van der Waals surface area contributed by atoms with E-state index in [1.165, 1.54) is 0 Å². The lowest BCUT2D eigenvalue weighted by Gasteiger charge is -2.34. The molecule has 0 radical (unpaired) electrons. The Morgan fingerprint density at radius 2 is 1.90 bits per heavy atom. The minimum atomic E-state index is 0.210. The Hall–Kier alpha value is -1.99. The molecule has 1 aliphatic rings. The molecule has 1 unspecified atom stereocenters. The van der Waals surface area contributed by atoms with E-state index >= 15 is 0 Å². The lowest BCUT2D eigenvalue weighted by Crippen LogP contribution is -2.48. The summed E-state index contributed by atoms with van der Waals surface area (Å²) in [5.41, 5.74) is 7.60. The van der Waals surface area contributed by atoms with Gasteiger partial charge < -0.3 is 10.6 Å². The summed E-state index contributed by atoms with van der Waals surface area (Å²) < 4.78 is 0. The quantitative estimate of drug-likeness (QED) is 0.674. The molecule has 0 spiro atoms. The molecular weight excluding hydrogens is 262 g/mol. The zero-order valence-electron chi connectivity index (χ0n) is 12.6. The van der Waals surface area contributed by atoms with Crippen LogP contribution >= 0.6 is 0 Å². The first kappa shape index (κ1) is 15.4. The SMILES string of the molecule is C#CCN1CCN(C(=O)CC(C)c2ccc(N)cc2)CC1. The summed E-state index contributed by atoms with van der Waals surface area (Å²) in [7, 11) is 0. The van der Waals surface area contributed by atoms with Crippen molar-refractivity contribution in [2.24, 2.45) is 0 Å². The van der Waals surface area contributed by atoms with Gasteiger partial charge in [-0.05, 0) is 23.6 Å². The molecule has 1 fully saturated rings. The monoisotopic (exact) mass is 285 g/mol. The molecule has 4 heteroatoms. The number of piperazine rings is 1. The van der Waals surface area contributed by atoms with Gasteiger partial charge in [0, 0.05) is 38.3 Å². The summed E-state index contributed by atoms with van der Waals surface area (Å²) in [6, 6.07) is 7.76. The zero-order valence-corrected chi connectivity index (χ0v) is 12.6. The van der Waals surface area contributed by atoms with Crippen molar-refractivity contribution < 1.29 is 4.79 Å². The number of rotatable bonds is 4. The second-order valence-corrected chi connectivity index (χ2v) is 5.63. The van der Waals surface area contributed by atoms with Crippen LogP contribution in [0.25, 0.3) is 0 Å². The summed E-state index contributed by atoms with van der Waals surface area (Å²) in [5.74, 6) is 3.08. The molecule has 21 heavy (non-hydrogen) atoms. The number of terminal acetylenes is 1. The summed E-state index contributed by atoms with van der Waals surface area (Å²) >= 11 is 0. The number of nitrogen functional groups attached to an aromatic ring is 1. The molecule has 1 heterocycles. The number of anilines is 1. The van der Waals surface area contributed by atoms with Crippen molar-refractivity contribution in [1.82, 2.24) is 9.80 Å². The van der Waals surface area contributed by atoms with Crippen molar-refractivity contribution in [3.05, 3.63) is 29.8 Å². The minimum Gasteiger partial charge on any atom is -0.399 e. The van der Waals surface area contributed by atoms with E-state index in [2.05, 4.69) is 17.7 Å². The molecule has 1 saturated heterocycles. The smallest absolute Gasteiger partial charge is 0.223 e. The van der Waals surface area contributed by atoms with Crippen molar-refractivity contribution in [3.8, 4) is 12.3 Å². The van der Waals surface area contributed by atoms with Crippen molar-refractivity contribution >= 4 is 11.6 Å². The van der Waals surface area contributed by atoms with E-state index in [9.17, 15) is 4.79 Å². The van der Waals surface area contributed by atoms with Crippen LogP contribution in [-0.2, 0) is 4.79 Å². The predicted octanol–water partition coefficient (Wildman–Crippen LogP) is 1.54. The molecule has 0 aromatic heterocycles. The highest BCUT2D eigenvalue weighted by molar-refractivity contribution is 5.77. The van der Waals surface area contributed by atoms with E-state index in [1.807, 2.05) is 29.2 Å². The van der Waals surface area contributed by atoms with Gasteiger partial charge >= 0.3 is 0 Å². The number of hydrogen-bond acceptors (Lipinski definition) is 3. The first-order valence-corrected chi connectivity index (χ1v) is 7.39. The average molecular weight is 285 g/mol. The highest BCUT2D eigenvalue weighted by Crippen LogP contribution is 2.21. The van der Waals surface area contributed by atoms with E-state index in [-0.39, 0.29) is 11.8 Å². The number of nitrogens with two attached hydrogens (primary N) is 1. The molecule has 112 valence electrons. The molecule has 4 nitrogen and oxygen atoms in total. The highest BCUT2D eigenvalue weighted by atomic mass is 16.2. The van der Waals surface area contributed by atoms with Gasteiger partial charge in [0.15, 0.2) is 0 Å². The molecule has 2 N–H and O–H groups in total. The lowest BCUT2D eigenvalue weighted by molar-refractivity contribution is -0.133. The van der Waals surface area contributed by atoms with Gasteiger partial charge in [-0.15, -0.1) is 6.42 Å². The lowest BCUT2D eigenvalue weighted by atomic mass is 9.97. The van der Waals surface area contributed by atoms with E-state index in [0.717, 1.165) is 37.4 Å². The molecule has 1 amide bonds.